The number of hydrogen-bond acceptors (Lipinski definition) is 1. The van der Waals surface area contributed by atoms with Crippen LogP contribution in [-0.4, -0.2) is 23.9 Å². The zero-order valence-corrected chi connectivity index (χ0v) is 17.0. The third-order valence-electron chi connectivity index (χ3n) is 5.57. The maximum atomic E-state index is 12.8. The van der Waals surface area contributed by atoms with Crippen LogP contribution < -0.4 is 0 Å². The highest BCUT2D eigenvalue weighted by Crippen LogP contribution is 2.35. The molecule has 0 radical (unpaired) electrons. The smallest absolute Gasteiger partial charge is 0.225 e. The topological polar surface area (TPSA) is 20.3 Å². The highest BCUT2D eigenvalue weighted by Gasteiger charge is 2.33. The molecule has 1 aliphatic carbocycles. The lowest BCUT2D eigenvalue weighted by Gasteiger charge is -2.25. The molecule has 26 heavy (non-hydrogen) atoms. The summed E-state index contributed by atoms with van der Waals surface area (Å²) in [5, 5.41) is 0. The first-order valence-corrected chi connectivity index (χ1v) is 10.4. The number of rotatable bonds is 6. The Morgan fingerprint density at radius 2 is 1.81 bits per heavy atom. The van der Waals surface area contributed by atoms with Gasteiger partial charge in [0, 0.05) is 19.0 Å². The molecular weight excluding hydrogens is 318 g/mol. The fourth-order valence-corrected chi connectivity index (χ4v) is 4.11. The van der Waals surface area contributed by atoms with Crippen molar-refractivity contribution in [3.05, 3.63) is 59.2 Å². The van der Waals surface area contributed by atoms with Crippen molar-refractivity contribution in [1.29, 1.82) is 0 Å². The van der Waals surface area contributed by atoms with E-state index in [4.69, 9.17) is 0 Å². The van der Waals surface area contributed by atoms with Crippen LogP contribution in [0.25, 0.3) is 0 Å². The second kappa shape index (κ2) is 10.4. The lowest BCUT2D eigenvalue weighted by Crippen LogP contribution is -2.30. The Kier molecular flexibility index (Phi) is 8.15. The fourth-order valence-electron chi connectivity index (χ4n) is 4.11. The van der Waals surface area contributed by atoms with Crippen molar-refractivity contribution in [2.24, 2.45) is 11.8 Å². The second-order valence-corrected chi connectivity index (χ2v) is 7.29. The first-order chi connectivity index (χ1) is 12.7. The molecule has 0 aromatic heterocycles. The quantitative estimate of drug-likeness (QED) is 0.633. The molecule has 2 heteroatoms. The predicted molar refractivity (Wildman–Crippen MR) is 111 cm³/mol. The summed E-state index contributed by atoms with van der Waals surface area (Å²) in [5.74, 6) is 1.18. The first kappa shape index (κ1) is 20.5. The molecule has 1 aromatic carbocycles. The van der Waals surface area contributed by atoms with Gasteiger partial charge in [0.25, 0.3) is 0 Å². The van der Waals surface area contributed by atoms with Crippen LogP contribution in [-0.2, 0) is 11.2 Å². The van der Waals surface area contributed by atoms with E-state index in [1.165, 1.54) is 16.7 Å². The number of carbonyl (C=O) groups is 1. The summed E-state index contributed by atoms with van der Waals surface area (Å²) in [6, 6.07) is 10.5. The third kappa shape index (κ3) is 5.33. The second-order valence-electron chi connectivity index (χ2n) is 7.29. The van der Waals surface area contributed by atoms with E-state index in [1.54, 1.807) is 0 Å². The average Bonchev–Trinajstić information content (AvgIpc) is 3.02. The van der Waals surface area contributed by atoms with Gasteiger partial charge < -0.3 is 4.90 Å². The zero-order valence-electron chi connectivity index (χ0n) is 17.0. The molecule has 2 aliphatic rings. The summed E-state index contributed by atoms with van der Waals surface area (Å²) in [6.07, 6.45) is 9.80. The van der Waals surface area contributed by atoms with Crippen LogP contribution in [0.4, 0.5) is 0 Å². The Bertz CT molecular complexity index is 629. The van der Waals surface area contributed by atoms with Crippen molar-refractivity contribution in [1.82, 2.24) is 4.90 Å². The van der Waals surface area contributed by atoms with Crippen molar-refractivity contribution in [3.63, 3.8) is 0 Å². The van der Waals surface area contributed by atoms with Crippen LogP contribution in [0.2, 0.25) is 0 Å². The molecule has 1 aromatic rings. The highest BCUT2D eigenvalue weighted by atomic mass is 16.2. The molecule has 1 heterocycles. The average molecular weight is 354 g/mol. The van der Waals surface area contributed by atoms with Crippen molar-refractivity contribution in [3.8, 4) is 0 Å². The van der Waals surface area contributed by atoms with Gasteiger partial charge in [-0.1, -0.05) is 74.4 Å². The van der Waals surface area contributed by atoms with E-state index in [2.05, 4.69) is 55.2 Å². The Morgan fingerprint density at radius 1 is 1.08 bits per heavy atom. The SMILES string of the molecule is CC.CCC1=CC=C(C)CC1CC1CCN(CCc2ccccc2)C1=O. The molecule has 1 fully saturated rings. The Hall–Kier alpha value is -1.83. The third-order valence-corrected chi connectivity index (χ3v) is 5.57. The number of benzene rings is 1. The Labute approximate surface area is 160 Å². The van der Waals surface area contributed by atoms with Gasteiger partial charge in [-0.25, -0.2) is 0 Å². The molecule has 2 nitrogen and oxygen atoms in total. The number of hydrogen-bond donors (Lipinski definition) is 0. The normalized spacial score (nSPS) is 22.5. The van der Waals surface area contributed by atoms with Crippen LogP contribution in [0.15, 0.2) is 53.6 Å². The molecule has 2 unspecified atom stereocenters. The molecule has 0 bridgehead atoms. The van der Waals surface area contributed by atoms with Crippen molar-refractivity contribution >= 4 is 5.91 Å². The number of carbonyl (C=O) groups excluding carboxylic acids is 1. The summed E-state index contributed by atoms with van der Waals surface area (Å²) < 4.78 is 0. The maximum absolute atomic E-state index is 12.8. The van der Waals surface area contributed by atoms with E-state index in [1.807, 2.05) is 19.9 Å². The number of nitrogens with zero attached hydrogens (tertiary/aromatic N) is 1. The van der Waals surface area contributed by atoms with E-state index < -0.39 is 0 Å². The minimum atomic E-state index is 0.228. The summed E-state index contributed by atoms with van der Waals surface area (Å²) in [6.45, 7) is 10.2. The molecule has 142 valence electrons. The minimum absolute atomic E-state index is 0.228. The molecule has 0 N–H and O–H groups in total. The van der Waals surface area contributed by atoms with Gasteiger partial charge in [0.2, 0.25) is 5.91 Å². The molecule has 1 amide bonds. The van der Waals surface area contributed by atoms with Gasteiger partial charge in [-0.3, -0.25) is 4.79 Å². The first-order valence-electron chi connectivity index (χ1n) is 10.4. The van der Waals surface area contributed by atoms with Crippen LogP contribution in [0, 0.1) is 11.8 Å². The minimum Gasteiger partial charge on any atom is -0.342 e. The molecule has 0 saturated carbocycles. The maximum Gasteiger partial charge on any atom is 0.225 e. The van der Waals surface area contributed by atoms with Gasteiger partial charge in [0.1, 0.15) is 0 Å². The summed E-state index contributed by atoms with van der Waals surface area (Å²) in [7, 11) is 0. The van der Waals surface area contributed by atoms with Gasteiger partial charge in [0.05, 0.1) is 0 Å². The molecule has 1 saturated heterocycles. The highest BCUT2D eigenvalue weighted by molar-refractivity contribution is 5.80. The van der Waals surface area contributed by atoms with Gasteiger partial charge >= 0.3 is 0 Å². The van der Waals surface area contributed by atoms with E-state index in [-0.39, 0.29) is 5.92 Å². The monoisotopic (exact) mass is 353 g/mol. The predicted octanol–water partition coefficient (Wildman–Crippen LogP) is 5.80. The van der Waals surface area contributed by atoms with Gasteiger partial charge in [-0.15, -0.1) is 0 Å². The van der Waals surface area contributed by atoms with Gasteiger partial charge in [-0.05, 0) is 50.5 Å². The summed E-state index contributed by atoms with van der Waals surface area (Å²) in [5.41, 5.74) is 4.29. The van der Waals surface area contributed by atoms with E-state index in [9.17, 15) is 4.79 Å². The number of amides is 1. The van der Waals surface area contributed by atoms with Crippen LogP contribution in [0.1, 0.15) is 58.9 Å². The molecule has 0 spiro atoms. The van der Waals surface area contributed by atoms with Crippen LogP contribution in [0.3, 0.4) is 0 Å². The molecule has 1 aliphatic heterocycles. The van der Waals surface area contributed by atoms with Crippen LogP contribution in [0.5, 0.6) is 0 Å². The van der Waals surface area contributed by atoms with Gasteiger partial charge in [-0.2, -0.15) is 0 Å². The molecule has 2 atom stereocenters. The lowest BCUT2D eigenvalue weighted by atomic mass is 9.80. The Balaban J connectivity index is 0.00000117. The number of allylic oxidation sites excluding steroid dienone is 4. The lowest BCUT2D eigenvalue weighted by molar-refractivity contribution is -0.131. The van der Waals surface area contributed by atoms with E-state index in [0.717, 1.165) is 45.2 Å². The van der Waals surface area contributed by atoms with Crippen LogP contribution >= 0.6 is 0 Å². The van der Waals surface area contributed by atoms with E-state index >= 15 is 0 Å². The van der Waals surface area contributed by atoms with Crippen molar-refractivity contribution in [2.75, 3.05) is 13.1 Å². The standard InChI is InChI=1S/C22H29NO.C2H6/c1-3-19-10-9-17(2)15-21(19)16-20-12-14-23(22(20)24)13-11-18-7-5-4-6-8-18;1-2/h4-10,20-21H,3,11-16H2,1-2H3;1-2H3. The van der Waals surface area contributed by atoms with Crippen molar-refractivity contribution in [2.45, 2.75) is 59.8 Å². The zero-order chi connectivity index (χ0) is 18.9. The Morgan fingerprint density at radius 3 is 2.50 bits per heavy atom. The largest absolute Gasteiger partial charge is 0.342 e. The summed E-state index contributed by atoms with van der Waals surface area (Å²) >= 11 is 0. The van der Waals surface area contributed by atoms with Crippen molar-refractivity contribution < 1.29 is 4.79 Å². The van der Waals surface area contributed by atoms with Gasteiger partial charge in [0.15, 0.2) is 0 Å². The number of likely N-dealkylation sites (tertiary alicyclic amines) is 1. The molecular formula is C24H35NO. The molecule has 3 rings (SSSR count). The fraction of sp³-hybridized carbons (Fsp3) is 0.542. The van der Waals surface area contributed by atoms with E-state index in [0.29, 0.717) is 11.8 Å². The summed E-state index contributed by atoms with van der Waals surface area (Å²) in [4.78, 5) is 14.9.